The Bertz CT molecular complexity index is 68.5. The van der Waals surface area contributed by atoms with Crippen LogP contribution in [0.5, 0.6) is 0 Å². The summed E-state index contributed by atoms with van der Waals surface area (Å²) < 4.78 is 0. The van der Waals surface area contributed by atoms with Crippen LogP contribution in [0.1, 0.15) is 19.3 Å². The van der Waals surface area contributed by atoms with E-state index in [1.54, 1.807) is 0 Å². The van der Waals surface area contributed by atoms with Crippen LogP contribution in [0.2, 0.25) is 0 Å². The first kappa shape index (κ1) is 5.06. The average Bonchev–Trinajstić information content (AvgIpc) is 2.22. The summed E-state index contributed by atoms with van der Waals surface area (Å²) in [5, 5.41) is 8.36. The van der Waals surface area contributed by atoms with Gasteiger partial charge in [0.25, 0.3) is 0 Å². The van der Waals surface area contributed by atoms with Crippen molar-refractivity contribution >= 4 is 0 Å². The molecule has 0 aromatic heterocycles. The van der Waals surface area contributed by atoms with Gasteiger partial charge in [-0.2, -0.15) is 0 Å². The van der Waals surface area contributed by atoms with E-state index in [0.29, 0.717) is 0 Å². The molecular formula is C5H11NO. The lowest BCUT2D eigenvalue weighted by atomic mass is 10.2. The van der Waals surface area contributed by atoms with Gasteiger partial charge in [0.15, 0.2) is 0 Å². The van der Waals surface area contributed by atoms with Gasteiger partial charge in [0.2, 0.25) is 0 Å². The lowest BCUT2D eigenvalue weighted by Crippen LogP contribution is -2.22. The molecule has 0 radical (unpaired) electrons. The molecule has 2 nitrogen and oxygen atoms in total. The van der Waals surface area contributed by atoms with Gasteiger partial charge < -0.3 is 10.8 Å². The molecule has 1 fully saturated rings. The van der Waals surface area contributed by atoms with E-state index in [1.807, 2.05) is 0 Å². The molecule has 0 heterocycles. The van der Waals surface area contributed by atoms with Crippen molar-refractivity contribution in [3.63, 3.8) is 0 Å². The van der Waals surface area contributed by atoms with Gasteiger partial charge in [-0.1, -0.05) is 0 Å². The number of aliphatic hydroxyl groups excluding tert-OH is 1. The second kappa shape index (κ2) is 1.46. The molecule has 0 amide bonds. The van der Waals surface area contributed by atoms with Gasteiger partial charge in [-0.25, -0.2) is 0 Å². The van der Waals surface area contributed by atoms with E-state index < -0.39 is 0 Å². The third-order valence-corrected chi connectivity index (χ3v) is 1.50. The van der Waals surface area contributed by atoms with Crippen LogP contribution in [0.4, 0.5) is 0 Å². The monoisotopic (exact) mass is 101 g/mol. The van der Waals surface area contributed by atoms with E-state index in [-0.39, 0.29) is 12.1 Å². The first-order valence-electron chi connectivity index (χ1n) is 2.67. The molecule has 0 bridgehead atoms. The molecule has 0 saturated heterocycles. The minimum atomic E-state index is 0.0503. The summed E-state index contributed by atoms with van der Waals surface area (Å²) >= 11 is 0. The topological polar surface area (TPSA) is 46.2 Å². The summed E-state index contributed by atoms with van der Waals surface area (Å²) in [6.45, 7) is 0.247. The molecule has 1 aliphatic rings. The highest BCUT2D eigenvalue weighted by Crippen LogP contribution is 2.34. The summed E-state index contributed by atoms with van der Waals surface area (Å²) in [6, 6.07) is 0. The smallest absolute Gasteiger partial charge is 0.0448 e. The minimum Gasteiger partial charge on any atom is -0.396 e. The number of rotatable bonds is 2. The Morgan fingerprint density at radius 3 is 2.29 bits per heavy atom. The minimum absolute atomic E-state index is 0.0503. The van der Waals surface area contributed by atoms with Gasteiger partial charge in [0.05, 0.1) is 0 Å². The number of hydrogen-bond donors (Lipinski definition) is 2. The Labute approximate surface area is 43.3 Å². The normalized spacial score (nSPS) is 24.9. The lowest BCUT2D eigenvalue weighted by Gasteiger charge is -2.01. The summed E-state index contributed by atoms with van der Waals surface area (Å²) in [5.74, 6) is 0. The average molecular weight is 101 g/mol. The maximum absolute atomic E-state index is 8.36. The summed E-state index contributed by atoms with van der Waals surface area (Å²) in [5.41, 5.74) is 5.65. The van der Waals surface area contributed by atoms with Crippen molar-refractivity contribution in [1.29, 1.82) is 0 Å². The van der Waals surface area contributed by atoms with Gasteiger partial charge in [-0.15, -0.1) is 0 Å². The van der Waals surface area contributed by atoms with Gasteiger partial charge in [-0.3, -0.25) is 0 Å². The molecule has 3 N–H and O–H groups in total. The molecular weight excluding hydrogens is 90.1 g/mol. The van der Waals surface area contributed by atoms with Crippen LogP contribution in [-0.2, 0) is 0 Å². The van der Waals surface area contributed by atoms with Crippen LogP contribution in [0.3, 0.4) is 0 Å². The number of hydrogen-bond acceptors (Lipinski definition) is 2. The Hall–Kier alpha value is -0.0800. The molecule has 0 atom stereocenters. The molecule has 0 aliphatic heterocycles. The van der Waals surface area contributed by atoms with E-state index in [1.165, 1.54) is 0 Å². The van der Waals surface area contributed by atoms with Crippen LogP contribution >= 0.6 is 0 Å². The first-order valence-corrected chi connectivity index (χ1v) is 2.67. The summed E-state index contributed by atoms with van der Waals surface area (Å²) in [4.78, 5) is 0. The predicted octanol–water partition coefficient (Wildman–Crippen LogP) is -0.140. The van der Waals surface area contributed by atoms with Gasteiger partial charge in [-0.05, 0) is 19.3 Å². The maximum atomic E-state index is 8.36. The van der Waals surface area contributed by atoms with E-state index >= 15 is 0 Å². The predicted molar refractivity (Wildman–Crippen MR) is 27.9 cm³/mol. The van der Waals surface area contributed by atoms with Crippen LogP contribution in [-0.4, -0.2) is 17.3 Å². The van der Waals surface area contributed by atoms with E-state index in [0.717, 1.165) is 19.3 Å². The first-order chi connectivity index (χ1) is 3.27. The summed E-state index contributed by atoms with van der Waals surface area (Å²) in [7, 11) is 0. The standard InChI is InChI=1S/C5H11NO/c6-5(1-2-5)3-4-7/h7H,1-4,6H2. The van der Waals surface area contributed by atoms with Crippen molar-refractivity contribution in [2.24, 2.45) is 5.73 Å². The highest BCUT2D eigenvalue weighted by atomic mass is 16.3. The van der Waals surface area contributed by atoms with E-state index in [9.17, 15) is 0 Å². The van der Waals surface area contributed by atoms with Crippen molar-refractivity contribution in [2.75, 3.05) is 6.61 Å². The van der Waals surface area contributed by atoms with Crippen molar-refractivity contribution in [1.82, 2.24) is 0 Å². The molecule has 1 aliphatic carbocycles. The third kappa shape index (κ3) is 1.14. The fraction of sp³-hybridized carbons (Fsp3) is 1.00. The SMILES string of the molecule is NC1(CCO)CC1. The van der Waals surface area contributed by atoms with Crippen molar-refractivity contribution in [3.05, 3.63) is 0 Å². The van der Waals surface area contributed by atoms with Crippen LogP contribution in [0.25, 0.3) is 0 Å². The van der Waals surface area contributed by atoms with Gasteiger partial charge in [0, 0.05) is 12.1 Å². The highest BCUT2D eigenvalue weighted by Gasteiger charge is 2.36. The maximum Gasteiger partial charge on any atom is 0.0448 e. The van der Waals surface area contributed by atoms with Crippen LogP contribution in [0, 0.1) is 0 Å². The Morgan fingerprint density at radius 2 is 2.14 bits per heavy atom. The van der Waals surface area contributed by atoms with E-state index in [2.05, 4.69) is 0 Å². The molecule has 0 unspecified atom stereocenters. The third-order valence-electron chi connectivity index (χ3n) is 1.50. The van der Waals surface area contributed by atoms with Crippen LogP contribution < -0.4 is 5.73 Å². The fourth-order valence-electron chi connectivity index (χ4n) is 0.633. The Kier molecular flexibility index (Phi) is 1.05. The van der Waals surface area contributed by atoms with Gasteiger partial charge in [0.1, 0.15) is 0 Å². The van der Waals surface area contributed by atoms with Gasteiger partial charge >= 0.3 is 0 Å². The fourth-order valence-corrected chi connectivity index (χ4v) is 0.633. The van der Waals surface area contributed by atoms with E-state index in [4.69, 9.17) is 10.8 Å². The second-order valence-corrected chi connectivity index (χ2v) is 2.34. The Morgan fingerprint density at radius 1 is 1.57 bits per heavy atom. The van der Waals surface area contributed by atoms with Crippen molar-refractivity contribution in [2.45, 2.75) is 24.8 Å². The van der Waals surface area contributed by atoms with Crippen molar-refractivity contribution < 1.29 is 5.11 Å². The Balaban J connectivity index is 2.13. The molecule has 1 rings (SSSR count). The zero-order valence-corrected chi connectivity index (χ0v) is 4.35. The molecule has 0 spiro atoms. The van der Waals surface area contributed by atoms with Crippen molar-refractivity contribution in [3.8, 4) is 0 Å². The molecule has 2 heteroatoms. The quantitative estimate of drug-likeness (QED) is 0.508. The zero-order valence-electron chi connectivity index (χ0n) is 4.35. The molecule has 42 valence electrons. The molecule has 0 aromatic carbocycles. The lowest BCUT2D eigenvalue weighted by molar-refractivity contribution is 0.272. The second-order valence-electron chi connectivity index (χ2n) is 2.34. The number of aliphatic hydroxyl groups is 1. The zero-order chi connectivity index (χ0) is 5.33. The molecule has 7 heavy (non-hydrogen) atoms. The molecule has 1 saturated carbocycles. The number of nitrogens with two attached hydrogens (primary N) is 1. The largest absolute Gasteiger partial charge is 0.396 e. The molecule has 0 aromatic rings. The summed E-state index contributed by atoms with van der Waals surface area (Å²) in [6.07, 6.45) is 2.99. The highest BCUT2D eigenvalue weighted by molar-refractivity contribution is 4.97. The van der Waals surface area contributed by atoms with Crippen LogP contribution in [0.15, 0.2) is 0 Å².